The van der Waals surface area contributed by atoms with E-state index >= 15 is 0 Å². The Balaban J connectivity index is 1.37. The van der Waals surface area contributed by atoms with Crippen LogP contribution in [0, 0.1) is 0 Å². The van der Waals surface area contributed by atoms with Gasteiger partial charge >= 0.3 is 0 Å². The summed E-state index contributed by atoms with van der Waals surface area (Å²) < 4.78 is 0. The summed E-state index contributed by atoms with van der Waals surface area (Å²) in [6, 6.07) is 69.8. The number of nitrogens with zero attached hydrogens (tertiary/aromatic N) is 2. The van der Waals surface area contributed by atoms with Crippen LogP contribution in [0.3, 0.4) is 0 Å². The highest BCUT2D eigenvalue weighted by atomic mass is 15.1. The zero-order valence-electron chi connectivity index (χ0n) is 26.4. The summed E-state index contributed by atoms with van der Waals surface area (Å²) in [5.74, 6) is 0. The molecule has 0 fully saturated rings. The molecule has 0 saturated carbocycles. The lowest BCUT2D eigenvalue weighted by atomic mass is 9.89. The first-order valence-corrected chi connectivity index (χ1v) is 16.5. The van der Waals surface area contributed by atoms with E-state index in [1.807, 2.05) is 0 Å². The molecule has 226 valence electrons. The van der Waals surface area contributed by atoms with E-state index in [0.29, 0.717) is 0 Å². The van der Waals surface area contributed by atoms with Crippen molar-refractivity contribution >= 4 is 77.2 Å². The van der Waals surface area contributed by atoms with Crippen LogP contribution in [-0.4, -0.2) is 0 Å². The fourth-order valence-corrected chi connectivity index (χ4v) is 7.29. The van der Waals surface area contributed by atoms with Crippen LogP contribution in [0.15, 0.2) is 194 Å². The third kappa shape index (κ3) is 4.66. The molecule has 0 aliphatic heterocycles. The van der Waals surface area contributed by atoms with Crippen molar-refractivity contribution in [2.24, 2.45) is 0 Å². The Hall–Kier alpha value is -6.38. The average molecular weight is 613 g/mol. The van der Waals surface area contributed by atoms with Gasteiger partial charge in [-0.25, -0.2) is 0 Å². The van der Waals surface area contributed by atoms with Crippen LogP contribution in [0.2, 0.25) is 0 Å². The number of hydrogen-bond acceptors (Lipinski definition) is 2. The summed E-state index contributed by atoms with van der Waals surface area (Å²) in [5, 5.41) is 9.98. The fourth-order valence-electron chi connectivity index (χ4n) is 7.29. The molecule has 2 heteroatoms. The van der Waals surface area contributed by atoms with Crippen LogP contribution >= 0.6 is 0 Å². The first kappa shape index (κ1) is 27.9. The molecule has 9 rings (SSSR count). The standard InChI is InChI=1S/C46H32N2/c1-5-17-33(18-6-1)47(34-19-7-2-8-20-34)37-29-30-42-43(31-37)38-25-13-14-26-39(38)44-32-45(40-27-15-16-28-41(40)46(42)44)48(35-21-9-3-10-22-35)36-23-11-4-12-24-36/h1-32H. The maximum Gasteiger partial charge on any atom is 0.0546 e. The van der Waals surface area contributed by atoms with Gasteiger partial charge in [0.25, 0.3) is 0 Å². The van der Waals surface area contributed by atoms with E-state index in [2.05, 4.69) is 204 Å². The van der Waals surface area contributed by atoms with Gasteiger partial charge in [0.1, 0.15) is 0 Å². The van der Waals surface area contributed by atoms with Crippen LogP contribution < -0.4 is 9.80 Å². The van der Waals surface area contributed by atoms with Crippen LogP contribution in [0.5, 0.6) is 0 Å². The van der Waals surface area contributed by atoms with Crippen molar-refractivity contribution in [3.63, 3.8) is 0 Å². The Kier molecular flexibility index (Phi) is 6.84. The minimum absolute atomic E-state index is 1.13. The molecule has 0 amide bonds. The molecule has 2 nitrogen and oxygen atoms in total. The van der Waals surface area contributed by atoms with Crippen LogP contribution in [0.1, 0.15) is 0 Å². The van der Waals surface area contributed by atoms with Gasteiger partial charge in [-0.3, -0.25) is 0 Å². The van der Waals surface area contributed by atoms with Crippen LogP contribution in [0.25, 0.3) is 43.1 Å². The molecule has 0 heterocycles. The van der Waals surface area contributed by atoms with Crippen molar-refractivity contribution in [3.8, 4) is 0 Å². The maximum absolute atomic E-state index is 2.41. The van der Waals surface area contributed by atoms with Gasteiger partial charge in [-0.15, -0.1) is 0 Å². The highest BCUT2D eigenvalue weighted by Gasteiger charge is 2.21. The van der Waals surface area contributed by atoms with Crippen molar-refractivity contribution in [3.05, 3.63) is 194 Å². The van der Waals surface area contributed by atoms with Crippen molar-refractivity contribution in [1.82, 2.24) is 0 Å². The van der Waals surface area contributed by atoms with E-state index in [1.54, 1.807) is 0 Å². The second-order valence-corrected chi connectivity index (χ2v) is 12.2. The lowest BCUT2D eigenvalue weighted by Crippen LogP contribution is -2.10. The molecule has 9 aromatic carbocycles. The molecule has 0 unspecified atom stereocenters. The molecule has 0 saturated heterocycles. The topological polar surface area (TPSA) is 6.48 Å². The predicted molar refractivity (Wildman–Crippen MR) is 206 cm³/mol. The first-order chi connectivity index (χ1) is 23.8. The normalized spacial score (nSPS) is 11.3. The van der Waals surface area contributed by atoms with Gasteiger partial charge in [-0.1, -0.05) is 127 Å². The maximum atomic E-state index is 2.41. The molecular formula is C46H32N2. The molecule has 0 aromatic heterocycles. The van der Waals surface area contributed by atoms with Crippen molar-refractivity contribution in [2.45, 2.75) is 0 Å². The van der Waals surface area contributed by atoms with Crippen molar-refractivity contribution < 1.29 is 0 Å². The Morgan fingerprint density at radius 3 is 1.15 bits per heavy atom. The summed E-state index contributed by atoms with van der Waals surface area (Å²) in [4.78, 5) is 4.73. The minimum atomic E-state index is 1.13. The van der Waals surface area contributed by atoms with E-state index in [1.165, 1.54) is 43.1 Å². The SMILES string of the molecule is c1ccc(N(c2ccccc2)c2ccc3c(c2)c2ccccc2c2cc(N(c4ccccc4)c4ccccc4)c4ccccc4c32)cc1. The largest absolute Gasteiger partial charge is 0.310 e. The summed E-state index contributed by atoms with van der Waals surface area (Å²) in [5.41, 5.74) is 6.81. The summed E-state index contributed by atoms with van der Waals surface area (Å²) in [6.07, 6.45) is 0. The predicted octanol–water partition coefficient (Wildman–Crippen LogP) is 13.2. The zero-order chi connectivity index (χ0) is 31.9. The molecule has 0 spiro atoms. The fraction of sp³-hybridized carbons (Fsp3) is 0. The Bertz CT molecular complexity index is 2470. The Morgan fingerprint density at radius 2 is 0.625 bits per heavy atom. The van der Waals surface area contributed by atoms with Crippen molar-refractivity contribution in [2.75, 3.05) is 9.80 Å². The van der Waals surface area contributed by atoms with Gasteiger partial charge < -0.3 is 9.80 Å². The molecule has 0 aliphatic rings. The number of anilines is 6. The lowest BCUT2D eigenvalue weighted by Gasteiger charge is -2.28. The average Bonchev–Trinajstić information content (AvgIpc) is 3.17. The number of benzene rings is 9. The Morgan fingerprint density at radius 1 is 0.229 bits per heavy atom. The second-order valence-electron chi connectivity index (χ2n) is 12.2. The molecule has 0 bridgehead atoms. The summed E-state index contributed by atoms with van der Waals surface area (Å²) >= 11 is 0. The van der Waals surface area contributed by atoms with Gasteiger partial charge in [-0.2, -0.15) is 0 Å². The monoisotopic (exact) mass is 612 g/mol. The smallest absolute Gasteiger partial charge is 0.0546 e. The molecule has 0 N–H and O–H groups in total. The first-order valence-electron chi connectivity index (χ1n) is 16.5. The highest BCUT2D eigenvalue weighted by Crippen LogP contribution is 2.47. The van der Waals surface area contributed by atoms with E-state index in [-0.39, 0.29) is 0 Å². The zero-order valence-corrected chi connectivity index (χ0v) is 26.4. The quantitative estimate of drug-likeness (QED) is 0.172. The van der Waals surface area contributed by atoms with Gasteiger partial charge in [0, 0.05) is 33.8 Å². The minimum Gasteiger partial charge on any atom is -0.310 e. The summed E-state index contributed by atoms with van der Waals surface area (Å²) in [7, 11) is 0. The molecule has 0 aliphatic carbocycles. The van der Waals surface area contributed by atoms with E-state index in [0.717, 1.165) is 34.1 Å². The molecule has 0 atom stereocenters. The third-order valence-electron chi connectivity index (χ3n) is 9.36. The molecule has 9 aromatic rings. The van der Waals surface area contributed by atoms with Crippen molar-refractivity contribution in [1.29, 1.82) is 0 Å². The van der Waals surface area contributed by atoms with Crippen LogP contribution in [-0.2, 0) is 0 Å². The number of fused-ring (bicyclic) bond motifs is 8. The Labute approximate surface area is 280 Å². The van der Waals surface area contributed by atoms with E-state index in [4.69, 9.17) is 0 Å². The van der Waals surface area contributed by atoms with Gasteiger partial charge in [0.2, 0.25) is 0 Å². The van der Waals surface area contributed by atoms with Gasteiger partial charge in [0.15, 0.2) is 0 Å². The van der Waals surface area contributed by atoms with Gasteiger partial charge in [-0.05, 0) is 104 Å². The van der Waals surface area contributed by atoms with E-state index < -0.39 is 0 Å². The highest BCUT2D eigenvalue weighted by molar-refractivity contribution is 6.33. The third-order valence-corrected chi connectivity index (χ3v) is 9.36. The number of para-hydroxylation sites is 4. The van der Waals surface area contributed by atoms with Gasteiger partial charge in [0.05, 0.1) is 5.69 Å². The molecule has 48 heavy (non-hydrogen) atoms. The number of rotatable bonds is 6. The van der Waals surface area contributed by atoms with Crippen LogP contribution in [0.4, 0.5) is 34.1 Å². The second kappa shape index (κ2) is 11.8. The molecule has 0 radical (unpaired) electrons. The summed E-state index contributed by atoms with van der Waals surface area (Å²) in [6.45, 7) is 0. The lowest BCUT2D eigenvalue weighted by molar-refractivity contribution is 1.29. The van der Waals surface area contributed by atoms with E-state index in [9.17, 15) is 0 Å². The molecular weight excluding hydrogens is 581 g/mol. The number of hydrogen-bond donors (Lipinski definition) is 0.